The number of fused-ring (bicyclic) bond motifs is 1. The summed E-state index contributed by atoms with van der Waals surface area (Å²) < 4.78 is 0. The van der Waals surface area contributed by atoms with Crippen LogP contribution in [-0.4, -0.2) is 0 Å². The average Bonchev–Trinajstić information content (AvgIpc) is 2.97. The lowest BCUT2D eigenvalue weighted by molar-refractivity contribution is 1.13. The third kappa shape index (κ3) is 1.93. The Bertz CT molecular complexity index is 640. The summed E-state index contributed by atoms with van der Waals surface area (Å²) in [5, 5.41) is 0. The minimum atomic E-state index is 1.05. The number of rotatable bonds is 3. The van der Waals surface area contributed by atoms with Crippen LogP contribution in [0.2, 0.25) is 0 Å². The zero-order chi connectivity index (χ0) is 13.4. The third-order valence-electron chi connectivity index (χ3n) is 3.91. The maximum atomic E-state index is 4.74. The van der Waals surface area contributed by atoms with Gasteiger partial charge in [-0.15, -0.1) is 12.6 Å². The zero-order valence-corrected chi connectivity index (χ0v) is 12.3. The van der Waals surface area contributed by atoms with Crippen LogP contribution in [0.25, 0.3) is 5.57 Å². The Kier molecular flexibility index (Phi) is 3.24. The van der Waals surface area contributed by atoms with Crippen LogP contribution in [0.4, 0.5) is 0 Å². The van der Waals surface area contributed by atoms with Gasteiger partial charge in [-0.25, -0.2) is 0 Å². The summed E-state index contributed by atoms with van der Waals surface area (Å²) in [7, 11) is 0. The molecule has 0 aliphatic heterocycles. The molecule has 0 atom stereocenters. The summed E-state index contributed by atoms with van der Waals surface area (Å²) in [6.07, 6.45) is 6.76. The number of allylic oxidation sites excluding steroid dienone is 7. The third-order valence-corrected chi connectivity index (χ3v) is 4.42. The Morgan fingerprint density at radius 3 is 2.11 bits per heavy atom. The molecule has 2 aliphatic rings. The predicted molar refractivity (Wildman–Crippen MR) is 86.1 cm³/mol. The summed E-state index contributed by atoms with van der Waals surface area (Å²) in [4.78, 5) is 1.18. The average molecular weight is 266 g/mol. The highest BCUT2D eigenvalue weighted by atomic mass is 32.1. The van der Waals surface area contributed by atoms with Crippen LogP contribution in [0.1, 0.15) is 32.3 Å². The molecule has 0 aromatic heterocycles. The molecule has 0 bridgehead atoms. The SMILES string of the molecule is CCC1=C(S)C2=C(CC)C=C(c3ccccc3)C2=C1. The first-order chi connectivity index (χ1) is 9.26. The number of benzene rings is 1. The molecular formula is C18H18S. The molecule has 0 heterocycles. The van der Waals surface area contributed by atoms with E-state index in [-0.39, 0.29) is 0 Å². The van der Waals surface area contributed by atoms with Gasteiger partial charge < -0.3 is 0 Å². The molecule has 0 spiro atoms. The van der Waals surface area contributed by atoms with E-state index in [4.69, 9.17) is 12.6 Å². The second-order valence-corrected chi connectivity index (χ2v) is 5.41. The Morgan fingerprint density at radius 2 is 1.47 bits per heavy atom. The van der Waals surface area contributed by atoms with Gasteiger partial charge in [0.15, 0.2) is 0 Å². The Morgan fingerprint density at radius 1 is 0.842 bits per heavy atom. The minimum Gasteiger partial charge on any atom is -0.142 e. The van der Waals surface area contributed by atoms with E-state index in [1.807, 2.05) is 0 Å². The van der Waals surface area contributed by atoms with Crippen molar-refractivity contribution in [3.8, 4) is 0 Å². The van der Waals surface area contributed by atoms with Gasteiger partial charge in [-0.2, -0.15) is 0 Å². The van der Waals surface area contributed by atoms with E-state index in [0.29, 0.717) is 0 Å². The van der Waals surface area contributed by atoms with Crippen LogP contribution in [0.5, 0.6) is 0 Å². The maximum Gasteiger partial charge on any atom is 0.0154 e. The van der Waals surface area contributed by atoms with Crippen molar-refractivity contribution in [2.45, 2.75) is 26.7 Å². The second-order valence-electron chi connectivity index (χ2n) is 4.96. The first-order valence-electron chi connectivity index (χ1n) is 6.91. The van der Waals surface area contributed by atoms with Crippen LogP contribution in [0.15, 0.2) is 69.7 Å². The van der Waals surface area contributed by atoms with Crippen molar-refractivity contribution in [2.24, 2.45) is 0 Å². The van der Waals surface area contributed by atoms with E-state index in [1.165, 1.54) is 38.3 Å². The lowest BCUT2D eigenvalue weighted by atomic mass is 9.99. The summed E-state index contributed by atoms with van der Waals surface area (Å²) in [6.45, 7) is 4.41. The van der Waals surface area contributed by atoms with Crippen LogP contribution in [-0.2, 0) is 0 Å². The normalized spacial score (nSPS) is 17.8. The predicted octanol–water partition coefficient (Wildman–Crippen LogP) is 5.32. The van der Waals surface area contributed by atoms with Crippen molar-refractivity contribution in [3.63, 3.8) is 0 Å². The number of thiol groups is 1. The van der Waals surface area contributed by atoms with Gasteiger partial charge in [-0.1, -0.05) is 44.2 Å². The van der Waals surface area contributed by atoms with E-state index < -0.39 is 0 Å². The molecule has 1 heteroatoms. The first kappa shape index (κ1) is 12.6. The Balaban J connectivity index is 2.11. The fraction of sp³-hybridized carbons (Fsp3) is 0.222. The summed E-state index contributed by atoms with van der Waals surface area (Å²) >= 11 is 4.74. The van der Waals surface area contributed by atoms with Gasteiger partial charge in [0.25, 0.3) is 0 Å². The van der Waals surface area contributed by atoms with Crippen LogP contribution in [0.3, 0.4) is 0 Å². The monoisotopic (exact) mass is 266 g/mol. The minimum absolute atomic E-state index is 1.05. The van der Waals surface area contributed by atoms with Crippen LogP contribution in [0, 0.1) is 0 Å². The molecule has 1 aromatic carbocycles. The molecule has 0 N–H and O–H groups in total. The topological polar surface area (TPSA) is 0 Å². The fourth-order valence-electron chi connectivity index (χ4n) is 2.87. The quantitative estimate of drug-likeness (QED) is 0.703. The fourth-order valence-corrected chi connectivity index (χ4v) is 3.36. The number of hydrogen-bond donors (Lipinski definition) is 1. The molecule has 96 valence electrons. The lowest BCUT2D eigenvalue weighted by Gasteiger charge is -2.06. The highest BCUT2D eigenvalue weighted by Crippen LogP contribution is 2.48. The van der Waals surface area contributed by atoms with E-state index in [0.717, 1.165) is 12.8 Å². The van der Waals surface area contributed by atoms with Gasteiger partial charge >= 0.3 is 0 Å². The smallest absolute Gasteiger partial charge is 0.0154 e. The van der Waals surface area contributed by atoms with Gasteiger partial charge in [0, 0.05) is 4.91 Å². The summed E-state index contributed by atoms with van der Waals surface area (Å²) in [5.41, 5.74) is 8.15. The lowest BCUT2D eigenvalue weighted by Crippen LogP contribution is -1.87. The van der Waals surface area contributed by atoms with E-state index in [1.54, 1.807) is 0 Å². The van der Waals surface area contributed by atoms with Gasteiger partial charge in [0.2, 0.25) is 0 Å². The van der Waals surface area contributed by atoms with E-state index in [2.05, 4.69) is 56.3 Å². The van der Waals surface area contributed by atoms with Gasteiger partial charge in [0.1, 0.15) is 0 Å². The van der Waals surface area contributed by atoms with E-state index >= 15 is 0 Å². The van der Waals surface area contributed by atoms with Crippen molar-refractivity contribution in [3.05, 3.63) is 75.2 Å². The molecule has 19 heavy (non-hydrogen) atoms. The highest BCUT2D eigenvalue weighted by Gasteiger charge is 2.28. The van der Waals surface area contributed by atoms with Crippen molar-refractivity contribution < 1.29 is 0 Å². The van der Waals surface area contributed by atoms with Crippen molar-refractivity contribution in [1.29, 1.82) is 0 Å². The Hall–Kier alpha value is -1.47. The second kappa shape index (κ2) is 4.90. The molecule has 0 saturated carbocycles. The van der Waals surface area contributed by atoms with Gasteiger partial charge in [0.05, 0.1) is 0 Å². The molecule has 1 aromatic rings. The largest absolute Gasteiger partial charge is 0.142 e. The summed E-state index contributed by atoms with van der Waals surface area (Å²) in [5.74, 6) is 0. The standard InChI is InChI=1S/C18H18S/c1-3-12-10-15(14-8-6-5-7-9-14)16-11-13(4-2)18(19)17(12)16/h5-11,19H,3-4H2,1-2H3. The van der Waals surface area contributed by atoms with Crippen molar-refractivity contribution in [2.75, 3.05) is 0 Å². The maximum absolute atomic E-state index is 4.74. The molecule has 2 aliphatic carbocycles. The zero-order valence-electron chi connectivity index (χ0n) is 11.4. The molecule has 0 unspecified atom stereocenters. The molecule has 0 saturated heterocycles. The molecule has 0 fully saturated rings. The van der Waals surface area contributed by atoms with Crippen LogP contribution < -0.4 is 0 Å². The van der Waals surface area contributed by atoms with Crippen molar-refractivity contribution in [1.82, 2.24) is 0 Å². The molecule has 0 amide bonds. The van der Waals surface area contributed by atoms with Crippen molar-refractivity contribution >= 4 is 18.2 Å². The number of hydrogen-bond acceptors (Lipinski definition) is 1. The first-order valence-corrected chi connectivity index (χ1v) is 7.36. The molecule has 3 rings (SSSR count). The highest BCUT2D eigenvalue weighted by molar-refractivity contribution is 7.84. The molecule has 0 radical (unpaired) electrons. The van der Waals surface area contributed by atoms with Crippen LogP contribution >= 0.6 is 12.6 Å². The molecular weight excluding hydrogens is 248 g/mol. The molecule has 0 nitrogen and oxygen atoms in total. The Labute approximate surface area is 120 Å². The van der Waals surface area contributed by atoms with E-state index in [9.17, 15) is 0 Å². The summed E-state index contributed by atoms with van der Waals surface area (Å²) in [6, 6.07) is 10.6. The van der Waals surface area contributed by atoms with Gasteiger partial charge in [-0.3, -0.25) is 0 Å². The van der Waals surface area contributed by atoms with Gasteiger partial charge in [-0.05, 0) is 58.4 Å².